The molecule has 0 amide bonds. The smallest absolute Gasteiger partial charge is 0.196 e. The fourth-order valence-electron chi connectivity index (χ4n) is 2.29. The maximum atomic E-state index is 14.2. The van der Waals surface area contributed by atoms with E-state index >= 15 is 0 Å². The molecule has 4 nitrogen and oxygen atoms in total. The van der Waals surface area contributed by atoms with Crippen molar-refractivity contribution in [2.24, 2.45) is 0 Å². The quantitative estimate of drug-likeness (QED) is 0.675. The van der Waals surface area contributed by atoms with E-state index in [0.717, 1.165) is 5.56 Å². The van der Waals surface area contributed by atoms with Gasteiger partial charge in [-0.2, -0.15) is 0 Å². The summed E-state index contributed by atoms with van der Waals surface area (Å²) in [5, 5.41) is -0.0798. The van der Waals surface area contributed by atoms with Crippen molar-refractivity contribution in [3.05, 3.63) is 64.6 Å². The van der Waals surface area contributed by atoms with Crippen molar-refractivity contribution in [1.29, 1.82) is 0 Å². The third-order valence-electron chi connectivity index (χ3n) is 3.37. The second-order valence-electron chi connectivity index (χ2n) is 4.96. The van der Waals surface area contributed by atoms with Crippen LogP contribution in [-0.2, 0) is 4.74 Å². The van der Waals surface area contributed by atoms with Gasteiger partial charge < -0.3 is 13.9 Å². The molecule has 0 aliphatic rings. The van der Waals surface area contributed by atoms with Gasteiger partial charge in [-0.3, -0.25) is 4.79 Å². The van der Waals surface area contributed by atoms with Crippen LogP contribution in [0.2, 0.25) is 0 Å². The lowest BCUT2D eigenvalue weighted by molar-refractivity contribution is 0.146. The number of hydrogen-bond acceptors (Lipinski definition) is 4. The van der Waals surface area contributed by atoms with Crippen LogP contribution in [0.3, 0.4) is 0 Å². The molecular weight excluding hydrogens is 299 g/mol. The van der Waals surface area contributed by atoms with Gasteiger partial charge in [-0.25, -0.2) is 4.39 Å². The van der Waals surface area contributed by atoms with Crippen LogP contribution in [0.1, 0.15) is 0 Å². The predicted molar refractivity (Wildman–Crippen MR) is 85.2 cm³/mol. The van der Waals surface area contributed by atoms with Crippen molar-refractivity contribution >= 4 is 11.0 Å². The van der Waals surface area contributed by atoms with Gasteiger partial charge in [-0.1, -0.05) is 30.3 Å². The van der Waals surface area contributed by atoms with Gasteiger partial charge in [0.1, 0.15) is 34.9 Å². The highest BCUT2D eigenvalue weighted by Crippen LogP contribution is 2.26. The molecule has 0 aliphatic heterocycles. The predicted octanol–water partition coefficient (Wildman–Crippen LogP) is 3.62. The molecule has 1 aromatic heterocycles. The fourth-order valence-corrected chi connectivity index (χ4v) is 2.29. The first kappa shape index (κ1) is 15.2. The average Bonchev–Trinajstić information content (AvgIpc) is 2.55. The van der Waals surface area contributed by atoms with Gasteiger partial charge in [0.05, 0.1) is 6.61 Å². The summed E-state index contributed by atoms with van der Waals surface area (Å²) >= 11 is 0. The zero-order chi connectivity index (χ0) is 16.2. The Kier molecular flexibility index (Phi) is 4.39. The first-order chi connectivity index (χ1) is 11.2. The van der Waals surface area contributed by atoms with E-state index in [2.05, 4.69) is 0 Å². The highest BCUT2D eigenvalue weighted by atomic mass is 19.1. The minimum atomic E-state index is -0.664. The van der Waals surface area contributed by atoms with Crippen molar-refractivity contribution < 1.29 is 18.3 Å². The molecule has 0 unspecified atom stereocenters. The Morgan fingerprint density at radius 3 is 2.61 bits per heavy atom. The van der Waals surface area contributed by atoms with Gasteiger partial charge in [0.2, 0.25) is 0 Å². The van der Waals surface area contributed by atoms with Gasteiger partial charge in [-0.05, 0) is 0 Å². The summed E-state index contributed by atoms with van der Waals surface area (Å²) in [7, 11) is 1.55. The number of benzene rings is 2. The summed E-state index contributed by atoms with van der Waals surface area (Å²) in [4.78, 5) is 12.2. The Morgan fingerprint density at radius 1 is 1.09 bits per heavy atom. The molecule has 0 spiro atoms. The fraction of sp³-hybridized carbons (Fsp3) is 0.167. The molecule has 0 saturated heterocycles. The number of fused-ring (bicyclic) bond motifs is 1. The SMILES string of the molecule is COCCOc1cc(F)c2c(=O)cc(-c3ccccc3)oc2c1. The topological polar surface area (TPSA) is 48.7 Å². The van der Waals surface area contributed by atoms with E-state index in [9.17, 15) is 9.18 Å². The van der Waals surface area contributed by atoms with Crippen LogP contribution >= 0.6 is 0 Å². The molecule has 23 heavy (non-hydrogen) atoms. The highest BCUT2D eigenvalue weighted by molar-refractivity contribution is 5.80. The largest absolute Gasteiger partial charge is 0.491 e. The van der Waals surface area contributed by atoms with E-state index in [0.29, 0.717) is 18.1 Å². The molecule has 0 N–H and O–H groups in total. The van der Waals surface area contributed by atoms with Crippen LogP contribution in [0.25, 0.3) is 22.3 Å². The number of rotatable bonds is 5. The van der Waals surface area contributed by atoms with Crippen LogP contribution in [0.5, 0.6) is 5.75 Å². The summed E-state index contributed by atoms with van der Waals surface area (Å²) < 4.78 is 30.2. The Hall–Kier alpha value is -2.66. The molecular formula is C18H15FO4. The van der Waals surface area contributed by atoms with Gasteiger partial charge >= 0.3 is 0 Å². The summed E-state index contributed by atoms with van der Waals surface area (Å²) in [6, 6.07) is 13.2. The summed E-state index contributed by atoms with van der Waals surface area (Å²) in [6.07, 6.45) is 0. The van der Waals surface area contributed by atoms with Crippen LogP contribution in [0.15, 0.2) is 57.7 Å². The normalized spacial score (nSPS) is 10.9. The van der Waals surface area contributed by atoms with E-state index in [4.69, 9.17) is 13.9 Å². The molecule has 0 bridgehead atoms. The first-order valence-corrected chi connectivity index (χ1v) is 7.13. The van der Waals surface area contributed by atoms with Gasteiger partial charge in [0, 0.05) is 30.9 Å². The molecule has 0 radical (unpaired) electrons. The molecule has 0 saturated carbocycles. The minimum Gasteiger partial charge on any atom is -0.491 e. The van der Waals surface area contributed by atoms with Crippen LogP contribution in [-0.4, -0.2) is 20.3 Å². The maximum absolute atomic E-state index is 14.2. The average molecular weight is 314 g/mol. The standard InChI is InChI=1S/C18H15FO4/c1-21-7-8-22-13-9-14(19)18-15(20)11-16(23-17(18)10-13)12-5-3-2-4-6-12/h2-6,9-11H,7-8H2,1H3. The van der Waals surface area contributed by atoms with Crippen molar-refractivity contribution in [3.8, 4) is 17.1 Å². The molecule has 0 atom stereocenters. The van der Waals surface area contributed by atoms with E-state index < -0.39 is 11.2 Å². The van der Waals surface area contributed by atoms with Gasteiger partial charge in [0.25, 0.3) is 0 Å². The van der Waals surface area contributed by atoms with Gasteiger partial charge in [-0.15, -0.1) is 0 Å². The Labute approximate surface area is 132 Å². The number of halogens is 1. The van der Waals surface area contributed by atoms with E-state index in [1.54, 1.807) is 7.11 Å². The highest BCUT2D eigenvalue weighted by Gasteiger charge is 2.13. The summed E-state index contributed by atoms with van der Waals surface area (Å²) in [5.41, 5.74) is 0.479. The van der Waals surface area contributed by atoms with Crippen LogP contribution in [0, 0.1) is 5.82 Å². The summed E-state index contributed by atoms with van der Waals surface area (Å²) in [6.45, 7) is 0.664. The Morgan fingerprint density at radius 2 is 1.87 bits per heavy atom. The van der Waals surface area contributed by atoms with Crippen molar-refractivity contribution in [2.75, 3.05) is 20.3 Å². The Bertz CT molecular complexity index is 871. The summed E-state index contributed by atoms with van der Waals surface area (Å²) in [5.74, 6) is 0.0141. The lowest BCUT2D eigenvalue weighted by atomic mass is 10.1. The van der Waals surface area contributed by atoms with Crippen molar-refractivity contribution in [1.82, 2.24) is 0 Å². The molecule has 0 aliphatic carbocycles. The van der Waals surface area contributed by atoms with Crippen molar-refractivity contribution in [2.45, 2.75) is 0 Å². The van der Waals surface area contributed by atoms with E-state index in [1.807, 2.05) is 30.3 Å². The number of ether oxygens (including phenoxy) is 2. The zero-order valence-corrected chi connectivity index (χ0v) is 12.5. The third kappa shape index (κ3) is 3.24. The molecule has 3 rings (SSSR count). The molecule has 0 fully saturated rings. The molecule has 1 heterocycles. The van der Waals surface area contributed by atoms with Crippen LogP contribution < -0.4 is 10.2 Å². The molecule has 2 aromatic carbocycles. The molecule has 5 heteroatoms. The zero-order valence-electron chi connectivity index (χ0n) is 12.5. The van der Waals surface area contributed by atoms with E-state index in [1.165, 1.54) is 18.2 Å². The number of hydrogen-bond donors (Lipinski definition) is 0. The second kappa shape index (κ2) is 6.62. The van der Waals surface area contributed by atoms with Crippen molar-refractivity contribution in [3.63, 3.8) is 0 Å². The third-order valence-corrected chi connectivity index (χ3v) is 3.37. The maximum Gasteiger partial charge on any atom is 0.196 e. The Balaban J connectivity index is 2.08. The lowest BCUT2D eigenvalue weighted by Gasteiger charge is -2.08. The monoisotopic (exact) mass is 314 g/mol. The van der Waals surface area contributed by atoms with Gasteiger partial charge in [0.15, 0.2) is 5.43 Å². The van der Waals surface area contributed by atoms with E-state index in [-0.39, 0.29) is 17.6 Å². The minimum absolute atomic E-state index is 0.0798. The van der Waals surface area contributed by atoms with Crippen LogP contribution in [0.4, 0.5) is 4.39 Å². The second-order valence-corrected chi connectivity index (χ2v) is 4.96. The number of methoxy groups -OCH3 is 1. The molecule has 3 aromatic rings. The first-order valence-electron chi connectivity index (χ1n) is 7.13. The lowest BCUT2D eigenvalue weighted by Crippen LogP contribution is -2.06. The molecule has 118 valence electrons.